The van der Waals surface area contributed by atoms with Crippen LogP contribution >= 0.6 is 23.6 Å². The van der Waals surface area contributed by atoms with E-state index >= 15 is 0 Å². The fourth-order valence-corrected chi connectivity index (χ4v) is 1.50. The Morgan fingerprint density at radius 2 is 2.00 bits per heavy atom. The van der Waals surface area contributed by atoms with Gasteiger partial charge in [-0.2, -0.15) is 4.33 Å². The largest absolute Gasteiger partial charge is 1.00 e. The molecule has 7 heteroatoms. The molecule has 1 aromatic carbocycles. The van der Waals surface area contributed by atoms with Gasteiger partial charge >= 0.3 is 29.6 Å². The summed E-state index contributed by atoms with van der Waals surface area (Å²) in [6.45, 7) is 0. The Hall–Kier alpha value is 0.410. The number of alkyl halides is 1. The third-order valence-corrected chi connectivity index (χ3v) is 2.43. The average Bonchev–Trinajstić information content (AvgIpc) is 2.27. The summed E-state index contributed by atoms with van der Waals surface area (Å²) in [4.78, 5) is 12.0. The van der Waals surface area contributed by atoms with Crippen LogP contribution < -0.4 is 34.8 Å². The van der Waals surface area contributed by atoms with E-state index in [1.165, 1.54) is 0 Å². The zero-order chi connectivity index (χ0) is 11.1. The van der Waals surface area contributed by atoms with Gasteiger partial charge in [0.15, 0.2) is 5.78 Å². The number of Topliss-reactive ketones (excluding diaryl/α,β-unsaturated/α-hetero) is 1. The molecular weight excluding hydrogens is 263 g/mol. The van der Waals surface area contributed by atoms with E-state index < -0.39 is 0 Å². The molecule has 0 spiro atoms. The van der Waals surface area contributed by atoms with Crippen LogP contribution in [0.15, 0.2) is 29.2 Å². The predicted molar refractivity (Wildman–Crippen MR) is 54.1 cm³/mol. The molecule has 0 N–H and O–H groups in total. The number of carbonyl (C=O) groups excluding carboxylic acids is 1. The van der Waals surface area contributed by atoms with E-state index in [1.807, 2.05) is 0 Å². The topological polar surface area (TPSA) is 58.6 Å². The SMILES string of the molecule is O=C(CCCl)c1ccc(SOO[O-])cc1.[Na+]. The number of hydrogen-bond acceptors (Lipinski definition) is 5. The normalized spacial score (nSPS) is 9.62. The van der Waals surface area contributed by atoms with E-state index in [-0.39, 0.29) is 35.3 Å². The molecule has 0 bridgehead atoms. The first-order valence-electron chi connectivity index (χ1n) is 4.10. The third-order valence-electron chi connectivity index (χ3n) is 1.66. The standard InChI is InChI=1S/C9H9ClO4S.Na/c10-6-5-9(11)7-1-3-8(4-2-7)15-14-13-12;/h1-4,12H,5-6H2;/q;+1/p-1. The van der Waals surface area contributed by atoms with Crippen molar-refractivity contribution in [2.45, 2.75) is 11.3 Å². The summed E-state index contributed by atoms with van der Waals surface area (Å²) in [6.07, 6.45) is 0.314. The summed E-state index contributed by atoms with van der Waals surface area (Å²) >= 11 is 6.23. The number of halogens is 1. The molecule has 0 unspecified atom stereocenters. The van der Waals surface area contributed by atoms with Crippen molar-refractivity contribution in [1.29, 1.82) is 0 Å². The summed E-state index contributed by atoms with van der Waals surface area (Å²) in [5.74, 6) is 0.296. The maximum Gasteiger partial charge on any atom is 1.00 e. The summed E-state index contributed by atoms with van der Waals surface area (Å²) in [6, 6.07) is 6.60. The Kier molecular flexibility index (Phi) is 9.68. The van der Waals surface area contributed by atoms with Gasteiger partial charge < -0.3 is 5.26 Å². The molecule has 0 aliphatic carbocycles. The zero-order valence-electron chi connectivity index (χ0n) is 8.64. The van der Waals surface area contributed by atoms with Crippen molar-refractivity contribution in [3.8, 4) is 0 Å². The summed E-state index contributed by atoms with van der Waals surface area (Å²) in [7, 11) is 0. The molecule has 0 amide bonds. The number of carbonyl (C=O) groups is 1. The van der Waals surface area contributed by atoms with Crippen molar-refractivity contribution < 1.29 is 49.0 Å². The Morgan fingerprint density at radius 1 is 1.38 bits per heavy atom. The van der Waals surface area contributed by atoms with Gasteiger partial charge in [-0.15, -0.1) is 11.6 Å². The van der Waals surface area contributed by atoms with Crippen molar-refractivity contribution in [2.24, 2.45) is 0 Å². The summed E-state index contributed by atoms with van der Waals surface area (Å²) in [5, 5.41) is 12.7. The molecule has 4 nitrogen and oxygen atoms in total. The van der Waals surface area contributed by atoms with Crippen LogP contribution in [0.1, 0.15) is 16.8 Å². The second-order valence-corrected chi connectivity index (χ2v) is 3.76. The molecule has 16 heavy (non-hydrogen) atoms. The average molecular weight is 271 g/mol. The van der Waals surface area contributed by atoms with E-state index in [9.17, 15) is 10.1 Å². The molecule has 0 aromatic heterocycles. The summed E-state index contributed by atoms with van der Waals surface area (Å²) in [5.41, 5.74) is 0.586. The van der Waals surface area contributed by atoms with E-state index in [4.69, 9.17) is 11.6 Å². The quantitative estimate of drug-likeness (QED) is 0.161. The van der Waals surface area contributed by atoms with Crippen LogP contribution in [0.4, 0.5) is 0 Å². The van der Waals surface area contributed by atoms with E-state index in [2.05, 4.69) is 9.37 Å². The van der Waals surface area contributed by atoms with Gasteiger partial charge in [0.2, 0.25) is 0 Å². The molecule has 0 atom stereocenters. The van der Waals surface area contributed by atoms with Gasteiger partial charge in [-0.25, -0.2) is 0 Å². The molecule has 82 valence electrons. The van der Waals surface area contributed by atoms with Crippen LogP contribution in [0.2, 0.25) is 0 Å². The van der Waals surface area contributed by atoms with Crippen LogP contribution in [0.3, 0.4) is 0 Å². The maximum atomic E-state index is 11.4. The molecule has 0 aliphatic rings. The van der Waals surface area contributed by atoms with Crippen molar-refractivity contribution in [1.82, 2.24) is 0 Å². The molecule has 0 heterocycles. The second-order valence-electron chi connectivity index (χ2n) is 2.61. The number of ketones is 1. The Bertz CT molecular complexity index is 320. The van der Waals surface area contributed by atoms with Crippen LogP contribution in [-0.2, 0) is 9.37 Å². The predicted octanol–water partition coefficient (Wildman–Crippen LogP) is -1.27. The van der Waals surface area contributed by atoms with Crippen molar-refractivity contribution >= 4 is 29.4 Å². The van der Waals surface area contributed by atoms with Crippen LogP contribution in [0.25, 0.3) is 0 Å². The maximum absolute atomic E-state index is 11.4. The van der Waals surface area contributed by atoms with Crippen LogP contribution in [0.5, 0.6) is 0 Å². The number of rotatable bonds is 6. The first kappa shape index (κ1) is 16.4. The molecular formula is C9H8ClNaO4S. The van der Waals surface area contributed by atoms with Gasteiger partial charge in [-0.05, 0) is 12.1 Å². The van der Waals surface area contributed by atoms with Crippen molar-refractivity contribution in [3.63, 3.8) is 0 Å². The van der Waals surface area contributed by atoms with Crippen LogP contribution in [-0.4, -0.2) is 11.7 Å². The molecule has 0 saturated heterocycles. The first-order valence-corrected chi connectivity index (χ1v) is 5.38. The van der Waals surface area contributed by atoms with E-state index in [0.717, 1.165) is 12.0 Å². The number of hydrogen-bond donors (Lipinski definition) is 0. The summed E-state index contributed by atoms with van der Waals surface area (Å²) < 4.78 is 4.12. The van der Waals surface area contributed by atoms with E-state index in [1.54, 1.807) is 24.3 Å². The van der Waals surface area contributed by atoms with Gasteiger partial charge in [0.25, 0.3) is 0 Å². The smallest absolute Gasteiger partial charge is 0.691 e. The Labute approximate surface area is 125 Å². The van der Waals surface area contributed by atoms with Gasteiger partial charge in [0.05, 0.1) is 12.0 Å². The van der Waals surface area contributed by atoms with Gasteiger partial charge in [-0.1, -0.05) is 12.1 Å². The van der Waals surface area contributed by atoms with Gasteiger partial charge in [0, 0.05) is 22.8 Å². The molecule has 0 fully saturated rings. The van der Waals surface area contributed by atoms with Crippen LogP contribution in [0, 0.1) is 0 Å². The fraction of sp³-hybridized carbons (Fsp3) is 0.222. The number of benzene rings is 1. The fourth-order valence-electron chi connectivity index (χ4n) is 0.980. The minimum atomic E-state index is -0.0115. The van der Waals surface area contributed by atoms with E-state index in [0.29, 0.717) is 22.8 Å². The minimum absolute atomic E-state index is 0. The molecule has 1 rings (SSSR count). The van der Waals surface area contributed by atoms with Gasteiger partial charge in [0.1, 0.15) is 0 Å². The monoisotopic (exact) mass is 270 g/mol. The minimum Gasteiger partial charge on any atom is -0.691 e. The molecule has 0 aliphatic heterocycles. The van der Waals surface area contributed by atoms with Gasteiger partial charge in [-0.3, -0.25) is 9.83 Å². The molecule has 1 aromatic rings. The third kappa shape index (κ3) is 5.65. The zero-order valence-corrected chi connectivity index (χ0v) is 12.2. The van der Waals surface area contributed by atoms with Crippen molar-refractivity contribution in [3.05, 3.63) is 29.8 Å². The second kappa shape index (κ2) is 9.44. The Balaban J connectivity index is 0.00000225. The molecule has 0 radical (unpaired) electrons. The first-order chi connectivity index (χ1) is 7.27. The molecule has 0 saturated carbocycles. The van der Waals surface area contributed by atoms with Crippen molar-refractivity contribution in [2.75, 3.05) is 5.88 Å². The Morgan fingerprint density at radius 3 is 2.50 bits per heavy atom.